The summed E-state index contributed by atoms with van der Waals surface area (Å²) in [6.45, 7) is 2.02. The zero-order valence-electron chi connectivity index (χ0n) is 20.0. The molecule has 3 aromatic rings. The lowest BCUT2D eigenvalue weighted by Crippen LogP contribution is -2.51. The van der Waals surface area contributed by atoms with E-state index in [4.69, 9.17) is 10.5 Å². The molecule has 2 heterocycles. The van der Waals surface area contributed by atoms with Crippen molar-refractivity contribution in [1.29, 1.82) is 0 Å². The van der Waals surface area contributed by atoms with Crippen molar-refractivity contribution in [2.45, 2.75) is 31.1 Å². The number of benzene rings is 3. The fourth-order valence-electron chi connectivity index (χ4n) is 5.72. The normalized spacial score (nSPS) is 21.5. The topological polar surface area (TPSA) is 72.6 Å². The van der Waals surface area contributed by atoms with Crippen LogP contribution in [0.2, 0.25) is 0 Å². The van der Waals surface area contributed by atoms with Crippen LogP contribution in [-0.4, -0.2) is 43.0 Å². The number of carbonyl (C=O) groups excluding carboxylic acids is 2. The lowest BCUT2D eigenvalue weighted by Gasteiger charge is -2.39. The summed E-state index contributed by atoms with van der Waals surface area (Å²) in [7, 11) is 0. The van der Waals surface area contributed by atoms with Gasteiger partial charge in [0.1, 0.15) is 0 Å². The van der Waals surface area contributed by atoms with Crippen molar-refractivity contribution < 1.29 is 14.3 Å². The van der Waals surface area contributed by atoms with Crippen LogP contribution < -0.4 is 5.73 Å². The van der Waals surface area contributed by atoms with Crippen LogP contribution in [0.1, 0.15) is 30.4 Å². The quantitative estimate of drug-likeness (QED) is 0.585. The molecule has 0 radical (unpaired) electrons. The summed E-state index contributed by atoms with van der Waals surface area (Å²) < 4.78 is 5.61. The fraction of sp³-hybridized carbons (Fsp3) is 0.333. The van der Waals surface area contributed by atoms with Crippen LogP contribution in [0.3, 0.4) is 0 Å². The third kappa shape index (κ3) is 4.48. The van der Waals surface area contributed by atoms with Crippen LogP contribution in [0.5, 0.6) is 0 Å². The molecule has 180 valence electrons. The van der Waals surface area contributed by atoms with Crippen LogP contribution in [0.4, 0.5) is 0 Å². The molecule has 3 aromatic carbocycles. The molecule has 2 aliphatic heterocycles. The maximum atomic E-state index is 14.0. The molecule has 0 bridgehead atoms. The summed E-state index contributed by atoms with van der Waals surface area (Å²) in [5.41, 5.74) is 9.00. The highest BCUT2D eigenvalue weighted by Gasteiger charge is 2.50. The molecule has 0 aromatic heterocycles. The Morgan fingerprint density at radius 1 is 0.800 bits per heavy atom. The van der Waals surface area contributed by atoms with Gasteiger partial charge in [0.15, 0.2) is 0 Å². The number of nitrogens with zero attached hydrogens (tertiary/aromatic N) is 1. The molecule has 2 fully saturated rings. The first-order valence-corrected chi connectivity index (χ1v) is 12.4. The maximum absolute atomic E-state index is 14.0. The van der Waals surface area contributed by atoms with E-state index in [0.29, 0.717) is 52.0 Å². The molecular formula is C30H32N2O3. The largest absolute Gasteiger partial charge is 0.381 e. The Morgan fingerprint density at radius 3 is 2.03 bits per heavy atom. The van der Waals surface area contributed by atoms with Crippen molar-refractivity contribution in [3.8, 4) is 11.1 Å². The van der Waals surface area contributed by atoms with Gasteiger partial charge in [0.05, 0.1) is 10.8 Å². The molecule has 0 aliphatic carbocycles. The third-order valence-electron chi connectivity index (χ3n) is 7.85. The average Bonchev–Trinajstić information content (AvgIpc) is 3.35. The minimum Gasteiger partial charge on any atom is -0.381 e. The maximum Gasteiger partial charge on any atom is 0.233 e. The summed E-state index contributed by atoms with van der Waals surface area (Å²) in [5, 5.41) is 0. The molecular weight excluding hydrogens is 436 g/mol. The van der Waals surface area contributed by atoms with Gasteiger partial charge in [-0.2, -0.15) is 0 Å². The van der Waals surface area contributed by atoms with Gasteiger partial charge < -0.3 is 15.4 Å². The van der Waals surface area contributed by atoms with Crippen LogP contribution >= 0.6 is 0 Å². The van der Waals surface area contributed by atoms with Crippen LogP contribution in [0.25, 0.3) is 11.1 Å². The van der Waals surface area contributed by atoms with Crippen molar-refractivity contribution >= 4 is 11.8 Å². The van der Waals surface area contributed by atoms with Crippen molar-refractivity contribution in [3.63, 3.8) is 0 Å². The molecule has 5 rings (SSSR count). The van der Waals surface area contributed by atoms with Gasteiger partial charge in [-0.15, -0.1) is 0 Å². The summed E-state index contributed by atoms with van der Waals surface area (Å²) in [6, 6.07) is 28.5. The highest BCUT2D eigenvalue weighted by molar-refractivity contribution is 5.90. The van der Waals surface area contributed by atoms with Gasteiger partial charge in [0, 0.05) is 26.3 Å². The van der Waals surface area contributed by atoms with Crippen molar-refractivity contribution in [3.05, 3.63) is 96.1 Å². The average molecular weight is 469 g/mol. The second-order valence-corrected chi connectivity index (χ2v) is 9.92. The predicted octanol–water partition coefficient (Wildman–Crippen LogP) is 4.35. The number of ether oxygens (including phenoxy) is 1. The minimum atomic E-state index is -0.757. The van der Waals surface area contributed by atoms with Crippen molar-refractivity contribution in [2.75, 3.05) is 26.3 Å². The lowest BCUT2D eigenvalue weighted by molar-refractivity contribution is -0.141. The van der Waals surface area contributed by atoms with Gasteiger partial charge in [-0.05, 0) is 47.9 Å². The number of hydrogen-bond donors (Lipinski definition) is 1. The van der Waals surface area contributed by atoms with Crippen LogP contribution in [0.15, 0.2) is 84.9 Å². The molecule has 0 spiro atoms. The molecule has 2 saturated heterocycles. The van der Waals surface area contributed by atoms with Gasteiger partial charge in [0.2, 0.25) is 11.8 Å². The van der Waals surface area contributed by atoms with Gasteiger partial charge in [-0.3, -0.25) is 9.59 Å². The Morgan fingerprint density at radius 2 is 1.40 bits per heavy atom. The second-order valence-electron chi connectivity index (χ2n) is 9.92. The highest BCUT2D eigenvalue weighted by atomic mass is 16.5. The number of likely N-dealkylation sites (tertiary alicyclic amines) is 1. The Bertz CT molecular complexity index is 1170. The molecule has 1 unspecified atom stereocenters. The van der Waals surface area contributed by atoms with E-state index in [2.05, 4.69) is 36.4 Å². The molecule has 2 N–H and O–H groups in total. The summed E-state index contributed by atoms with van der Waals surface area (Å²) in [4.78, 5) is 28.7. The molecule has 2 amide bonds. The van der Waals surface area contributed by atoms with Gasteiger partial charge >= 0.3 is 0 Å². The first-order chi connectivity index (χ1) is 17.0. The minimum absolute atomic E-state index is 0.0922. The van der Waals surface area contributed by atoms with Gasteiger partial charge in [0.25, 0.3) is 0 Å². The standard InChI is InChI=1S/C30H32N2O3/c31-27(33)29(21-23-11-13-25(14-12-23)24-7-3-1-4-8-24)15-18-32(22-29)28(34)30(16-19-35-20-17-30)26-9-5-2-6-10-26/h1-14H,15-22H2,(H2,31,33). The fourth-order valence-corrected chi connectivity index (χ4v) is 5.72. The second kappa shape index (κ2) is 9.67. The molecule has 1 atom stereocenters. The van der Waals surface area contributed by atoms with E-state index in [9.17, 15) is 9.59 Å². The predicted molar refractivity (Wildman–Crippen MR) is 137 cm³/mol. The zero-order chi connectivity index (χ0) is 24.3. The first kappa shape index (κ1) is 23.3. The monoisotopic (exact) mass is 468 g/mol. The van der Waals surface area contributed by atoms with Crippen molar-refractivity contribution in [1.82, 2.24) is 4.90 Å². The van der Waals surface area contributed by atoms with E-state index >= 15 is 0 Å². The Labute approximate surface area is 206 Å². The number of rotatable bonds is 6. The zero-order valence-corrected chi connectivity index (χ0v) is 20.0. The Hall–Kier alpha value is -3.44. The van der Waals surface area contributed by atoms with Gasteiger partial charge in [-0.1, -0.05) is 84.9 Å². The Balaban J connectivity index is 1.37. The smallest absolute Gasteiger partial charge is 0.233 e. The molecule has 0 saturated carbocycles. The number of carbonyl (C=O) groups is 2. The van der Waals surface area contributed by atoms with Crippen LogP contribution in [-0.2, 0) is 26.2 Å². The van der Waals surface area contributed by atoms with E-state index in [0.717, 1.165) is 22.3 Å². The molecule has 35 heavy (non-hydrogen) atoms. The SMILES string of the molecule is NC(=O)C1(Cc2ccc(-c3ccccc3)cc2)CCN(C(=O)C2(c3ccccc3)CCOCC2)C1. The van der Waals surface area contributed by atoms with E-state index in [1.54, 1.807) is 0 Å². The number of nitrogens with two attached hydrogens (primary N) is 1. The molecule has 5 nitrogen and oxygen atoms in total. The highest BCUT2D eigenvalue weighted by Crippen LogP contribution is 2.41. The van der Waals surface area contributed by atoms with Crippen molar-refractivity contribution in [2.24, 2.45) is 11.1 Å². The van der Waals surface area contributed by atoms with E-state index in [1.165, 1.54) is 0 Å². The molecule has 5 heteroatoms. The summed E-state index contributed by atoms with van der Waals surface area (Å²) in [6.07, 6.45) is 2.41. The molecule has 2 aliphatic rings. The van der Waals surface area contributed by atoms with Gasteiger partial charge in [-0.25, -0.2) is 0 Å². The number of hydrogen-bond acceptors (Lipinski definition) is 3. The number of primary amides is 1. The van der Waals surface area contributed by atoms with E-state index < -0.39 is 10.8 Å². The Kier molecular flexibility index (Phi) is 6.44. The van der Waals surface area contributed by atoms with E-state index in [-0.39, 0.29) is 11.8 Å². The lowest BCUT2D eigenvalue weighted by atomic mass is 9.73. The van der Waals surface area contributed by atoms with Crippen LogP contribution in [0, 0.1) is 5.41 Å². The van der Waals surface area contributed by atoms with E-state index in [1.807, 2.05) is 53.4 Å². The summed E-state index contributed by atoms with van der Waals surface area (Å²) in [5.74, 6) is -0.241. The number of amides is 2. The first-order valence-electron chi connectivity index (χ1n) is 12.4. The summed E-state index contributed by atoms with van der Waals surface area (Å²) >= 11 is 0. The third-order valence-corrected chi connectivity index (χ3v) is 7.85.